The van der Waals surface area contributed by atoms with Gasteiger partial charge in [0.1, 0.15) is 6.23 Å². The van der Waals surface area contributed by atoms with E-state index >= 15 is 0 Å². The molecule has 7 nitrogen and oxygen atoms in total. The summed E-state index contributed by atoms with van der Waals surface area (Å²) in [4.78, 5) is 23.5. The van der Waals surface area contributed by atoms with Crippen LogP contribution in [0.25, 0.3) is 0 Å². The van der Waals surface area contributed by atoms with Crippen molar-refractivity contribution in [3.63, 3.8) is 0 Å². The van der Waals surface area contributed by atoms with Gasteiger partial charge in [0.15, 0.2) is 0 Å². The first-order chi connectivity index (χ1) is 15.2. The Labute approximate surface area is 182 Å². The molecule has 3 saturated heterocycles. The number of carbonyl (C=O) groups excluding carboxylic acids is 1. The first-order valence-electron chi connectivity index (χ1n) is 11.0. The van der Waals surface area contributed by atoms with E-state index in [1.807, 2.05) is 53.7 Å². The molecule has 1 aromatic carbocycles. The Morgan fingerprint density at radius 2 is 1.94 bits per heavy atom. The highest BCUT2D eigenvalue weighted by Gasteiger charge is 2.50. The van der Waals surface area contributed by atoms with Crippen molar-refractivity contribution < 1.29 is 9.53 Å². The van der Waals surface area contributed by atoms with Crippen molar-refractivity contribution >= 4 is 11.6 Å². The number of benzene rings is 1. The number of ether oxygens (including phenoxy) is 1. The van der Waals surface area contributed by atoms with Gasteiger partial charge in [0, 0.05) is 44.3 Å². The summed E-state index contributed by atoms with van der Waals surface area (Å²) in [6.07, 6.45) is 6.09. The van der Waals surface area contributed by atoms with Gasteiger partial charge in [-0.15, -0.1) is 0 Å². The molecule has 1 spiro atoms. The molecule has 7 heteroatoms. The van der Waals surface area contributed by atoms with Gasteiger partial charge in [0.05, 0.1) is 30.3 Å². The highest BCUT2D eigenvalue weighted by molar-refractivity contribution is 5.79. The molecule has 3 fully saturated rings. The molecule has 0 radical (unpaired) electrons. The molecule has 1 unspecified atom stereocenters. The molecule has 2 aromatic rings. The lowest BCUT2D eigenvalue weighted by atomic mass is 9.91. The number of fused-ring (bicyclic) bond motifs is 1. The standard InChI is InChI=1S/C24H27N5O2/c25-15-20-4-2-1-3-19(20)7-12-27-16-22(30)29-18-24(31-23(29)17-27)8-13-28(14-9-24)21-5-10-26-11-6-21/h1-6,10-11,23H,7-9,12-14,16-18H2. The molecule has 1 amide bonds. The number of aromatic nitrogens is 1. The van der Waals surface area contributed by atoms with Gasteiger partial charge in [0.25, 0.3) is 0 Å². The molecule has 1 aromatic heterocycles. The fraction of sp³-hybridized carbons (Fsp3) is 0.458. The van der Waals surface area contributed by atoms with Crippen molar-refractivity contribution in [3.05, 3.63) is 59.9 Å². The quantitative estimate of drug-likeness (QED) is 0.758. The molecule has 31 heavy (non-hydrogen) atoms. The van der Waals surface area contributed by atoms with E-state index in [2.05, 4.69) is 20.9 Å². The van der Waals surface area contributed by atoms with Crippen LogP contribution in [0.3, 0.4) is 0 Å². The fourth-order valence-corrected chi connectivity index (χ4v) is 5.05. The van der Waals surface area contributed by atoms with Gasteiger partial charge < -0.3 is 14.5 Å². The summed E-state index contributed by atoms with van der Waals surface area (Å²) < 4.78 is 6.55. The Morgan fingerprint density at radius 3 is 2.71 bits per heavy atom. The van der Waals surface area contributed by atoms with Crippen molar-refractivity contribution in [2.24, 2.45) is 0 Å². The minimum atomic E-state index is -0.229. The summed E-state index contributed by atoms with van der Waals surface area (Å²) in [5.41, 5.74) is 2.71. The lowest BCUT2D eigenvalue weighted by molar-refractivity contribution is -0.148. The normalized spacial score (nSPS) is 23.1. The second-order valence-electron chi connectivity index (χ2n) is 8.72. The summed E-state index contributed by atoms with van der Waals surface area (Å²) in [6, 6.07) is 14.0. The first-order valence-corrected chi connectivity index (χ1v) is 11.0. The molecule has 5 rings (SSSR count). The van der Waals surface area contributed by atoms with Crippen LogP contribution in [0, 0.1) is 11.3 Å². The van der Waals surface area contributed by atoms with Crippen LogP contribution < -0.4 is 4.90 Å². The first kappa shape index (κ1) is 20.0. The Morgan fingerprint density at radius 1 is 1.16 bits per heavy atom. The van der Waals surface area contributed by atoms with Crippen molar-refractivity contribution in [1.82, 2.24) is 14.8 Å². The molecule has 3 aliphatic heterocycles. The van der Waals surface area contributed by atoms with E-state index in [0.717, 1.165) is 51.0 Å². The van der Waals surface area contributed by atoms with E-state index in [1.54, 1.807) is 0 Å². The van der Waals surface area contributed by atoms with Crippen LogP contribution >= 0.6 is 0 Å². The third-order valence-electron chi connectivity index (χ3n) is 6.82. The number of rotatable bonds is 4. The lowest BCUT2D eigenvalue weighted by Gasteiger charge is -2.39. The molecule has 1 atom stereocenters. The number of anilines is 1. The second-order valence-corrected chi connectivity index (χ2v) is 8.72. The number of piperazine rings is 1. The maximum atomic E-state index is 12.9. The van der Waals surface area contributed by atoms with Crippen molar-refractivity contribution in [3.8, 4) is 6.07 Å². The second kappa shape index (κ2) is 8.29. The van der Waals surface area contributed by atoms with Crippen molar-refractivity contribution in [1.29, 1.82) is 5.26 Å². The van der Waals surface area contributed by atoms with Crippen LogP contribution in [-0.2, 0) is 16.0 Å². The number of hydrogen-bond acceptors (Lipinski definition) is 6. The van der Waals surface area contributed by atoms with Gasteiger partial charge in [-0.2, -0.15) is 5.26 Å². The Balaban J connectivity index is 1.20. The number of pyridine rings is 1. The molecule has 0 bridgehead atoms. The van der Waals surface area contributed by atoms with E-state index in [-0.39, 0.29) is 17.7 Å². The van der Waals surface area contributed by atoms with Crippen molar-refractivity contribution in [2.75, 3.05) is 44.2 Å². The number of piperidine rings is 1. The van der Waals surface area contributed by atoms with Gasteiger partial charge >= 0.3 is 0 Å². The monoisotopic (exact) mass is 417 g/mol. The van der Waals surface area contributed by atoms with Crippen LogP contribution in [0.15, 0.2) is 48.8 Å². The number of carbonyl (C=O) groups is 1. The maximum Gasteiger partial charge on any atom is 0.238 e. The van der Waals surface area contributed by atoms with Crippen LogP contribution in [-0.4, -0.2) is 71.8 Å². The average molecular weight is 418 g/mol. The van der Waals surface area contributed by atoms with E-state index < -0.39 is 0 Å². The Hall–Kier alpha value is -2.95. The molecular formula is C24H27N5O2. The third-order valence-corrected chi connectivity index (χ3v) is 6.82. The SMILES string of the molecule is N#Cc1ccccc1CCN1CC(=O)N2CC3(CCN(c4ccncc4)CC3)OC2C1. The number of amides is 1. The fourth-order valence-electron chi connectivity index (χ4n) is 5.05. The van der Waals surface area contributed by atoms with E-state index in [1.165, 1.54) is 5.69 Å². The zero-order chi connectivity index (χ0) is 21.3. The Bertz CT molecular complexity index is 981. The van der Waals surface area contributed by atoms with Gasteiger partial charge in [0.2, 0.25) is 5.91 Å². The smallest absolute Gasteiger partial charge is 0.238 e. The molecular weight excluding hydrogens is 390 g/mol. The highest BCUT2D eigenvalue weighted by atomic mass is 16.5. The van der Waals surface area contributed by atoms with E-state index in [9.17, 15) is 10.1 Å². The van der Waals surface area contributed by atoms with Crippen LogP contribution in [0.2, 0.25) is 0 Å². The summed E-state index contributed by atoms with van der Waals surface area (Å²) in [6.45, 7) is 4.46. The minimum Gasteiger partial charge on any atom is -0.371 e. The minimum absolute atomic E-state index is 0.151. The van der Waals surface area contributed by atoms with Gasteiger partial charge in [-0.1, -0.05) is 18.2 Å². The molecule has 3 aliphatic rings. The van der Waals surface area contributed by atoms with Crippen LogP contribution in [0.5, 0.6) is 0 Å². The summed E-state index contributed by atoms with van der Waals surface area (Å²) in [5.74, 6) is 0.151. The van der Waals surface area contributed by atoms with Gasteiger partial charge in [-0.05, 0) is 43.0 Å². The third kappa shape index (κ3) is 4.01. The summed E-state index contributed by atoms with van der Waals surface area (Å²) >= 11 is 0. The average Bonchev–Trinajstić information content (AvgIpc) is 3.17. The van der Waals surface area contributed by atoms with Gasteiger partial charge in [-0.25, -0.2) is 0 Å². The topological polar surface area (TPSA) is 72.7 Å². The molecule has 0 saturated carbocycles. The summed E-state index contributed by atoms with van der Waals surface area (Å²) in [7, 11) is 0. The molecule has 0 N–H and O–H groups in total. The zero-order valence-electron chi connectivity index (χ0n) is 17.6. The molecule has 0 aliphatic carbocycles. The molecule has 160 valence electrons. The number of nitrogens with zero attached hydrogens (tertiary/aromatic N) is 5. The van der Waals surface area contributed by atoms with Gasteiger partial charge in [-0.3, -0.25) is 14.7 Å². The maximum absolute atomic E-state index is 12.9. The number of hydrogen-bond donors (Lipinski definition) is 0. The number of nitriles is 1. The van der Waals surface area contributed by atoms with Crippen LogP contribution in [0.4, 0.5) is 5.69 Å². The Kier molecular flexibility index (Phi) is 5.34. The zero-order valence-corrected chi connectivity index (χ0v) is 17.6. The predicted octanol–water partition coefficient (Wildman–Crippen LogP) is 2.04. The van der Waals surface area contributed by atoms with E-state index in [4.69, 9.17) is 4.74 Å². The van der Waals surface area contributed by atoms with Crippen molar-refractivity contribution in [2.45, 2.75) is 31.1 Å². The largest absolute Gasteiger partial charge is 0.371 e. The van der Waals surface area contributed by atoms with Crippen LogP contribution in [0.1, 0.15) is 24.0 Å². The van der Waals surface area contributed by atoms with E-state index in [0.29, 0.717) is 18.7 Å². The highest BCUT2D eigenvalue weighted by Crippen LogP contribution is 2.38. The molecule has 4 heterocycles. The predicted molar refractivity (Wildman–Crippen MR) is 116 cm³/mol. The lowest BCUT2D eigenvalue weighted by Crippen LogP contribution is -2.54. The summed E-state index contributed by atoms with van der Waals surface area (Å²) in [5, 5.41) is 9.30.